The molecule has 0 fully saturated rings. The van der Waals surface area contributed by atoms with Gasteiger partial charge in [0, 0.05) is 26.5 Å². The highest BCUT2D eigenvalue weighted by Crippen LogP contribution is 2.16. The summed E-state index contributed by atoms with van der Waals surface area (Å²) in [6, 6.07) is 0.392. The number of hydrogen-bond acceptors (Lipinski definition) is 5. The van der Waals surface area contributed by atoms with Crippen molar-refractivity contribution in [3.63, 3.8) is 0 Å². The second-order valence-corrected chi connectivity index (χ2v) is 4.77. The maximum absolute atomic E-state index is 12.4. The fourth-order valence-electron chi connectivity index (χ4n) is 1.96. The van der Waals surface area contributed by atoms with Crippen LogP contribution >= 0.6 is 0 Å². The van der Waals surface area contributed by atoms with Crippen molar-refractivity contribution in [2.24, 2.45) is 7.05 Å². The molecule has 2 rings (SSSR count). The number of aryl methyl sites for hydroxylation is 1. The fraction of sp³-hybridized carbons (Fsp3) is 0.308. The van der Waals surface area contributed by atoms with Gasteiger partial charge in [-0.25, -0.2) is 9.48 Å². The number of aliphatic carboxylic acids is 1. The molecule has 2 amide bonds. The minimum absolute atomic E-state index is 0.0562. The lowest BCUT2D eigenvalue weighted by Crippen LogP contribution is -2.25. The molecule has 10 nitrogen and oxygen atoms in total. The summed E-state index contributed by atoms with van der Waals surface area (Å²) in [4.78, 5) is 35.2. The monoisotopic (exact) mass is 320 g/mol. The zero-order valence-electron chi connectivity index (χ0n) is 12.8. The number of aromatic nitrogens is 4. The van der Waals surface area contributed by atoms with Crippen molar-refractivity contribution >= 4 is 23.5 Å². The topological polar surface area (TPSA) is 131 Å². The molecule has 3 N–H and O–H groups in total. The van der Waals surface area contributed by atoms with Gasteiger partial charge in [-0.3, -0.25) is 14.3 Å². The minimum Gasteiger partial charge on any atom is -0.480 e. The molecule has 0 saturated heterocycles. The first kappa shape index (κ1) is 16.2. The second kappa shape index (κ2) is 6.30. The Morgan fingerprint density at radius 3 is 2.61 bits per heavy atom. The quantitative estimate of drug-likeness (QED) is 0.703. The molecule has 0 saturated carbocycles. The number of carbonyl (C=O) groups is 3. The average molecular weight is 320 g/mol. The molecule has 122 valence electrons. The predicted molar refractivity (Wildman–Crippen MR) is 79.1 cm³/mol. The molecule has 0 aliphatic heterocycles. The summed E-state index contributed by atoms with van der Waals surface area (Å²) >= 11 is 0. The Balaban J connectivity index is 2.29. The molecular weight excluding hydrogens is 304 g/mol. The van der Waals surface area contributed by atoms with Crippen LogP contribution in [0.3, 0.4) is 0 Å². The molecule has 0 bridgehead atoms. The molecule has 2 heterocycles. The Morgan fingerprint density at radius 1 is 1.30 bits per heavy atom. The fourth-order valence-corrected chi connectivity index (χ4v) is 1.96. The van der Waals surface area contributed by atoms with Gasteiger partial charge in [-0.05, 0) is 13.0 Å². The van der Waals surface area contributed by atoms with Crippen LogP contribution in [0.1, 0.15) is 33.9 Å². The normalized spacial score (nSPS) is 11.8. The van der Waals surface area contributed by atoms with Crippen LogP contribution in [0.2, 0.25) is 0 Å². The molecule has 0 aliphatic carbocycles. The number of hydrogen-bond donors (Lipinski definition) is 3. The van der Waals surface area contributed by atoms with E-state index >= 15 is 0 Å². The van der Waals surface area contributed by atoms with E-state index in [0.29, 0.717) is 0 Å². The van der Waals surface area contributed by atoms with E-state index in [0.717, 1.165) is 4.68 Å². The first-order valence-corrected chi connectivity index (χ1v) is 6.68. The van der Waals surface area contributed by atoms with Gasteiger partial charge in [0.25, 0.3) is 11.8 Å². The Bertz CT molecular complexity index is 762. The van der Waals surface area contributed by atoms with E-state index < -0.39 is 23.8 Å². The number of carboxylic acid groups (broad SMARTS) is 1. The largest absolute Gasteiger partial charge is 0.480 e. The van der Waals surface area contributed by atoms with E-state index in [1.54, 1.807) is 7.05 Å². The van der Waals surface area contributed by atoms with E-state index in [9.17, 15) is 14.4 Å². The SMILES string of the molecule is CNC(=O)c1nn(C)cc1NC(=O)c1ccnn1C(C)C(=O)O. The van der Waals surface area contributed by atoms with Crippen LogP contribution in [0.15, 0.2) is 18.5 Å². The Kier molecular flexibility index (Phi) is 4.44. The van der Waals surface area contributed by atoms with Gasteiger partial charge in [0.2, 0.25) is 0 Å². The van der Waals surface area contributed by atoms with E-state index in [4.69, 9.17) is 5.11 Å². The Labute approximate surface area is 131 Å². The van der Waals surface area contributed by atoms with Gasteiger partial charge in [0.05, 0.1) is 5.69 Å². The maximum Gasteiger partial charge on any atom is 0.328 e. The van der Waals surface area contributed by atoms with Gasteiger partial charge < -0.3 is 15.7 Å². The van der Waals surface area contributed by atoms with Crippen molar-refractivity contribution in [3.8, 4) is 0 Å². The molecule has 23 heavy (non-hydrogen) atoms. The van der Waals surface area contributed by atoms with Crippen molar-refractivity contribution in [1.29, 1.82) is 0 Å². The molecule has 2 aromatic rings. The molecule has 1 unspecified atom stereocenters. The lowest BCUT2D eigenvalue weighted by molar-refractivity contribution is -0.140. The minimum atomic E-state index is -1.12. The second-order valence-electron chi connectivity index (χ2n) is 4.77. The summed E-state index contributed by atoms with van der Waals surface area (Å²) in [5.41, 5.74) is 0.333. The molecular formula is C13H16N6O4. The zero-order chi connectivity index (χ0) is 17.1. The third-order valence-electron chi connectivity index (χ3n) is 3.15. The van der Waals surface area contributed by atoms with Crippen LogP contribution in [0.4, 0.5) is 5.69 Å². The lowest BCUT2D eigenvalue weighted by Gasteiger charge is -2.11. The number of carbonyl (C=O) groups excluding carboxylic acids is 2. The number of nitrogens with one attached hydrogen (secondary N) is 2. The highest BCUT2D eigenvalue weighted by Gasteiger charge is 2.23. The summed E-state index contributed by atoms with van der Waals surface area (Å²) in [7, 11) is 3.06. The highest BCUT2D eigenvalue weighted by atomic mass is 16.4. The third kappa shape index (κ3) is 3.20. The summed E-state index contributed by atoms with van der Waals surface area (Å²) in [6.45, 7) is 1.41. The Hall–Kier alpha value is -3.17. The first-order valence-electron chi connectivity index (χ1n) is 6.68. The van der Waals surface area contributed by atoms with Crippen LogP contribution in [-0.4, -0.2) is 49.5 Å². The zero-order valence-corrected chi connectivity index (χ0v) is 12.8. The molecule has 0 radical (unpaired) electrons. The van der Waals surface area contributed by atoms with Crippen LogP contribution in [0, 0.1) is 0 Å². The predicted octanol–water partition coefficient (Wildman–Crippen LogP) is -0.126. The van der Waals surface area contributed by atoms with Crippen LogP contribution in [0.25, 0.3) is 0 Å². The molecule has 1 atom stereocenters. The number of carboxylic acids is 1. The van der Waals surface area contributed by atoms with E-state index in [-0.39, 0.29) is 17.1 Å². The van der Waals surface area contributed by atoms with E-state index in [1.807, 2.05) is 0 Å². The van der Waals surface area contributed by atoms with Crippen LogP contribution < -0.4 is 10.6 Å². The van der Waals surface area contributed by atoms with Crippen LogP contribution in [-0.2, 0) is 11.8 Å². The number of rotatable bonds is 5. The van der Waals surface area contributed by atoms with Crippen molar-refractivity contribution < 1.29 is 19.5 Å². The van der Waals surface area contributed by atoms with E-state index in [1.165, 1.54) is 37.1 Å². The highest BCUT2D eigenvalue weighted by molar-refractivity contribution is 6.07. The molecule has 2 aromatic heterocycles. The van der Waals surface area contributed by atoms with Gasteiger partial charge in [-0.1, -0.05) is 0 Å². The maximum atomic E-state index is 12.4. The van der Waals surface area contributed by atoms with Crippen molar-refractivity contribution in [2.75, 3.05) is 12.4 Å². The third-order valence-corrected chi connectivity index (χ3v) is 3.15. The summed E-state index contributed by atoms with van der Waals surface area (Å²) < 4.78 is 2.48. The van der Waals surface area contributed by atoms with Crippen molar-refractivity contribution in [2.45, 2.75) is 13.0 Å². The average Bonchev–Trinajstić information content (AvgIpc) is 3.12. The first-order chi connectivity index (χ1) is 10.8. The van der Waals surface area contributed by atoms with E-state index in [2.05, 4.69) is 20.8 Å². The molecule has 0 spiro atoms. The number of anilines is 1. The summed E-state index contributed by atoms with van der Waals surface area (Å²) in [5, 5.41) is 21.8. The molecule has 0 aliphatic rings. The number of amides is 2. The standard InChI is InChI=1S/C13H16N6O4/c1-7(13(22)23)19-9(4-5-15-19)11(20)16-8-6-18(3)17-10(8)12(21)14-2/h4-7H,1-3H3,(H,14,21)(H,16,20)(H,22,23). The smallest absolute Gasteiger partial charge is 0.328 e. The lowest BCUT2D eigenvalue weighted by atomic mass is 10.3. The summed E-state index contributed by atoms with van der Waals surface area (Å²) in [6.07, 6.45) is 2.81. The number of nitrogens with zero attached hydrogens (tertiary/aromatic N) is 4. The van der Waals surface area contributed by atoms with Gasteiger partial charge in [-0.2, -0.15) is 10.2 Å². The van der Waals surface area contributed by atoms with Gasteiger partial charge in [0.15, 0.2) is 5.69 Å². The molecule has 10 heteroatoms. The summed E-state index contributed by atoms with van der Waals surface area (Å²) in [5.74, 6) is -2.16. The van der Waals surface area contributed by atoms with Crippen molar-refractivity contribution in [3.05, 3.63) is 29.8 Å². The van der Waals surface area contributed by atoms with Gasteiger partial charge in [0.1, 0.15) is 11.7 Å². The van der Waals surface area contributed by atoms with Gasteiger partial charge in [-0.15, -0.1) is 0 Å². The van der Waals surface area contributed by atoms with Crippen molar-refractivity contribution in [1.82, 2.24) is 24.9 Å². The van der Waals surface area contributed by atoms with Gasteiger partial charge >= 0.3 is 5.97 Å². The Morgan fingerprint density at radius 2 is 2.00 bits per heavy atom. The van der Waals surface area contributed by atoms with Crippen LogP contribution in [0.5, 0.6) is 0 Å². The molecule has 0 aromatic carbocycles.